The second kappa shape index (κ2) is 38.5. The number of amides is 3. The van der Waals surface area contributed by atoms with Crippen molar-refractivity contribution in [3.63, 3.8) is 0 Å². The maximum atomic E-state index is 13.1. The van der Waals surface area contributed by atoms with Crippen molar-refractivity contribution in [2.24, 2.45) is 0 Å². The number of nitrogens with one attached hydrogen (secondary N) is 3. The molecular weight excluding hydrogens is 1480 g/mol. The van der Waals surface area contributed by atoms with Gasteiger partial charge in [0, 0.05) is 20.8 Å². The van der Waals surface area contributed by atoms with Gasteiger partial charge in [0.05, 0.1) is 59.0 Å². The highest BCUT2D eigenvalue weighted by Gasteiger charge is 2.61. The molecule has 0 radical (unpaired) electrons. The molecule has 28 N–H and O–H groups in total. The zero-order chi connectivity index (χ0) is 79.5. The van der Waals surface area contributed by atoms with E-state index in [1.165, 1.54) is 6.92 Å². The summed E-state index contributed by atoms with van der Waals surface area (Å²) in [6.45, 7) is -4.54. The Hall–Kier alpha value is -3.27. The van der Waals surface area contributed by atoms with Gasteiger partial charge in [0.1, 0.15) is 213 Å². The molecule has 9 rings (SSSR count). The number of carbonyl (C=O) groups excluding carboxylic acids is 3. The maximum absolute atomic E-state index is 13.1. The third-order valence-electron chi connectivity index (χ3n) is 19.9. The highest BCUT2D eigenvalue weighted by Crippen LogP contribution is 2.41. The summed E-state index contributed by atoms with van der Waals surface area (Å²) in [5.74, 6) is -2.74. The molecular formula is C60H101N3O45. The summed E-state index contributed by atoms with van der Waals surface area (Å²) in [5, 5.41) is 282. The van der Waals surface area contributed by atoms with Crippen LogP contribution in [-0.4, -0.2) is 474 Å². The third kappa shape index (κ3) is 19.0. The van der Waals surface area contributed by atoms with Crippen LogP contribution in [0.1, 0.15) is 27.7 Å². The van der Waals surface area contributed by atoms with Crippen LogP contribution in [-0.2, 0) is 94.9 Å². The van der Waals surface area contributed by atoms with E-state index in [1.807, 2.05) is 0 Å². The fourth-order valence-electron chi connectivity index (χ4n) is 14.1. The van der Waals surface area contributed by atoms with Crippen molar-refractivity contribution < 1.29 is 223 Å². The first-order valence-corrected chi connectivity index (χ1v) is 34.5. The van der Waals surface area contributed by atoms with Crippen LogP contribution in [0, 0.1) is 0 Å². The van der Waals surface area contributed by atoms with Crippen molar-refractivity contribution in [2.75, 3.05) is 52.9 Å². The summed E-state index contributed by atoms with van der Waals surface area (Å²) in [5.41, 5.74) is 0. The van der Waals surface area contributed by atoms with E-state index >= 15 is 0 Å². The van der Waals surface area contributed by atoms with Crippen LogP contribution in [0.5, 0.6) is 0 Å². The van der Waals surface area contributed by atoms with E-state index < -0.39 is 347 Å². The molecule has 9 heterocycles. The van der Waals surface area contributed by atoms with Gasteiger partial charge >= 0.3 is 0 Å². The fraction of sp³-hybridized carbons (Fsp3) is 0.950. The van der Waals surface area contributed by atoms with Gasteiger partial charge in [-0.3, -0.25) is 14.4 Å². The molecule has 108 heavy (non-hydrogen) atoms. The predicted molar refractivity (Wildman–Crippen MR) is 330 cm³/mol. The molecule has 0 aromatic rings. The first-order chi connectivity index (χ1) is 51.1. The first kappa shape index (κ1) is 88.7. The number of hydrogen-bond acceptors (Lipinski definition) is 45. The van der Waals surface area contributed by atoms with E-state index in [0.29, 0.717) is 0 Å². The second-order valence-corrected chi connectivity index (χ2v) is 27.4. The third-order valence-corrected chi connectivity index (χ3v) is 19.9. The van der Waals surface area contributed by atoms with E-state index in [1.54, 1.807) is 0 Å². The second-order valence-electron chi connectivity index (χ2n) is 27.4. The highest BCUT2D eigenvalue weighted by molar-refractivity contribution is 5.74. The Bertz CT molecular complexity index is 2820. The lowest BCUT2D eigenvalue weighted by molar-refractivity contribution is -0.402. The van der Waals surface area contributed by atoms with Crippen molar-refractivity contribution in [1.82, 2.24) is 16.0 Å². The smallest absolute Gasteiger partial charge is 0.217 e. The molecule has 48 heteroatoms. The van der Waals surface area contributed by atoms with Crippen LogP contribution < -0.4 is 16.0 Å². The monoisotopic (exact) mass is 1580 g/mol. The van der Waals surface area contributed by atoms with Gasteiger partial charge in [-0.25, -0.2) is 0 Å². The normalized spacial score (nSPS) is 50.4. The van der Waals surface area contributed by atoms with Crippen LogP contribution in [0.3, 0.4) is 0 Å². The van der Waals surface area contributed by atoms with Crippen molar-refractivity contribution in [3.8, 4) is 0 Å². The van der Waals surface area contributed by atoms with E-state index in [0.717, 1.165) is 20.8 Å². The SMILES string of the molecule is CC(=O)N[C@H]1[C@H](O[C@H]2[C@@H](O)[C@@H](CO)O[C@@H](O[C@@H]3[C@H](O)[C@@H](O)[C@H](O[C@H]4[C@H](O)[C@@H](O)[C@H](O)O[C@@H]4CO)O[C@@H]3CO)[C@@H]2O)O[C@H](CO)[C@@H](O[C@@H]2O[C@H](CO)[C@H](O)[C@H](O[C@@H]3O[C@H](CO)[C@@H](O[C@@H]4O[C@H](CO)[C@H](O)[C@H](O[C@H]5O[C@H](CO)[C@H](O)[C@H](O)[C@H]5NC(C)=O)[C@H]4O[C@@H]4O[C@@H](C)[C@@H](O)[C@@H](O)[C@@H]4O)[C@H](O)[C@H]3NC(C)=O)[C@H]2O)[C@@H]1O. The van der Waals surface area contributed by atoms with Gasteiger partial charge in [0.2, 0.25) is 17.7 Å². The summed E-state index contributed by atoms with van der Waals surface area (Å²) in [6.07, 6.45) is -84.5. The molecule has 0 saturated carbocycles. The van der Waals surface area contributed by atoms with Crippen LogP contribution in [0.2, 0.25) is 0 Å². The lowest BCUT2D eigenvalue weighted by Crippen LogP contribution is -2.71. The summed E-state index contributed by atoms with van der Waals surface area (Å²) in [4.78, 5) is 38.5. The molecule has 9 saturated heterocycles. The Morgan fingerprint density at radius 2 is 0.509 bits per heavy atom. The van der Waals surface area contributed by atoms with E-state index in [-0.39, 0.29) is 0 Å². The number of aliphatic hydroxyl groups excluding tert-OH is 25. The summed E-state index contributed by atoms with van der Waals surface area (Å²) >= 11 is 0. The van der Waals surface area contributed by atoms with Gasteiger partial charge in [0.15, 0.2) is 56.6 Å². The minimum absolute atomic E-state index is 0.831. The molecule has 9 aliphatic heterocycles. The fourth-order valence-corrected chi connectivity index (χ4v) is 14.1. The van der Waals surface area contributed by atoms with Crippen molar-refractivity contribution in [3.05, 3.63) is 0 Å². The average Bonchev–Trinajstić information content (AvgIpc) is 0.765. The van der Waals surface area contributed by atoms with Crippen LogP contribution >= 0.6 is 0 Å². The molecule has 626 valence electrons. The molecule has 0 aromatic carbocycles. The molecule has 9 fully saturated rings. The number of carbonyl (C=O) groups is 3. The van der Waals surface area contributed by atoms with Crippen molar-refractivity contribution in [1.29, 1.82) is 0 Å². The van der Waals surface area contributed by atoms with E-state index in [2.05, 4.69) is 16.0 Å². The molecule has 0 unspecified atom stereocenters. The van der Waals surface area contributed by atoms with Gasteiger partial charge < -0.3 is 224 Å². The minimum Gasteiger partial charge on any atom is -0.394 e. The van der Waals surface area contributed by atoms with Crippen molar-refractivity contribution >= 4 is 17.7 Å². The quantitative estimate of drug-likeness (QED) is 0.0363. The Labute approximate surface area is 611 Å². The van der Waals surface area contributed by atoms with Gasteiger partial charge in [-0.1, -0.05) is 0 Å². The Morgan fingerprint density at radius 3 is 0.917 bits per heavy atom. The van der Waals surface area contributed by atoms with E-state index in [9.17, 15) is 142 Å². The van der Waals surface area contributed by atoms with Gasteiger partial charge in [-0.05, 0) is 6.92 Å². The topological polar surface area (TPSA) is 750 Å². The number of ether oxygens (including phenoxy) is 17. The molecule has 0 spiro atoms. The molecule has 48 nitrogen and oxygen atoms in total. The lowest BCUT2D eigenvalue weighted by atomic mass is 9.93. The van der Waals surface area contributed by atoms with Crippen molar-refractivity contribution in [2.45, 2.75) is 304 Å². The largest absolute Gasteiger partial charge is 0.394 e. The zero-order valence-electron chi connectivity index (χ0n) is 58.0. The van der Waals surface area contributed by atoms with Crippen LogP contribution in [0.15, 0.2) is 0 Å². The molecule has 9 aliphatic rings. The molecule has 0 aromatic heterocycles. The number of aliphatic hydroxyl groups is 25. The van der Waals surface area contributed by atoms with Gasteiger partial charge in [-0.2, -0.15) is 0 Å². The summed E-state index contributed by atoms with van der Waals surface area (Å²) < 4.78 is 99.6. The predicted octanol–water partition coefficient (Wildman–Crippen LogP) is -19.2. The van der Waals surface area contributed by atoms with Gasteiger partial charge in [-0.15, -0.1) is 0 Å². The number of hydrogen-bond donors (Lipinski definition) is 28. The minimum atomic E-state index is -2.38. The average molecular weight is 1580 g/mol. The zero-order valence-corrected chi connectivity index (χ0v) is 58.0. The molecule has 3 amide bonds. The standard InChI is InChI=1S/C60H101N3O45/c1-13-28(75)36(83)40(87)56(92-13)108-51-50(107-53-25(61-14(2)72)33(80)29(76)17(5-64)94-53)32(79)20(8-67)97-60(51)104-45-23(11-70)99-55(27(35(45)82)63-16(4)74)105-48-30(77)18(6-65)95-58(42(48)89)101-44-22(10-69)98-54(26(34(44)81)62-15(3)73)106-49-31(78)19(7-66)96-59(43(49)90)103-47-24(12-71)100-57(41(88)38(47)85)102-46-21(9-68)93-52(91)39(86)37(46)84/h13,17-60,64-71,75-91H,5-12H2,1-4H3,(H,61,72)(H,62,73)(H,63,74)/t13-,17+,18+,19+,20+,21+,22+,23+,24+,25+,26+,27+,28+,29-,30-,31-,32-,33+,34+,35+,36+,37+,38+,39+,40-,41+,42+,43+,44+,45+,46+,47-,48-,49-,50-,51+,52+,53+,54-,55-,56-,57-,58-,59-,60-/m0/s1. The lowest BCUT2D eigenvalue weighted by Gasteiger charge is -2.52. The highest BCUT2D eigenvalue weighted by atomic mass is 16.8. The molecule has 0 aliphatic carbocycles. The number of rotatable bonds is 27. The summed E-state index contributed by atoms with van der Waals surface area (Å²) in [6, 6.07) is -5.65. The first-order valence-electron chi connectivity index (χ1n) is 34.5. The molecule has 0 bridgehead atoms. The van der Waals surface area contributed by atoms with Gasteiger partial charge in [0.25, 0.3) is 0 Å². The van der Waals surface area contributed by atoms with Crippen LogP contribution in [0.25, 0.3) is 0 Å². The summed E-state index contributed by atoms with van der Waals surface area (Å²) in [7, 11) is 0. The Balaban J connectivity index is 0.931. The Kier molecular flexibility index (Phi) is 31.6. The maximum Gasteiger partial charge on any atom is 0.217 e. The molecule has 45 atom stereocenters. The Morgan fingerprint density at radius 1 is 0.241 bits per heavy atom. The van der Waals surface area contributed by atoms with E-state index in [4.69, 9.17) is 80.5 Å². The van der Waals surface area contributed by atoms with Crippen LogP contribution in [0.4, 0.5) is 0 Å².